The van der Waals surface area contributed by atoms with Crippen LogP contribution in [0.25, 0.3) is 0 Å². The molecule has 0 amide bonds. The van der Waals surface area contributed by atoms with Crippen LogP contribution in [0.3, 0.4) is 0 Å². The maximum atomic E-state index is 11.8. The summed E-state index contributed by atoms with van der Waals surface area (Å²) < 4.78 is 1.85. The number of carbonyl (C=O) groups is 1. The Hall–Kier alpha value is -0.628. The first-order chi connectivity index (χ1) is 7.25. The molecule has 0 fully saturated rings. The van der Waals surface area contributed by atoms with Crippen molar-refractivity contribution in [2.45, 2.75) is 4.90 Å². The van der Waals surface area contributed by atoms with E-state index in [0.29, 0.717) is 26.1 Å². The van der Waals surface area contributed by atoms with E-state index in [-0.39, 0.29) is 5.12 Å². The molecule has 1 heterocycles. The first-order valence-corrected chi connectivity index (χ1v) is 7.15. The summed E-state index contributed by atoms with van der Waals surface area (Å²) in [6, 6.07) is 9.28. The summed E-state index contributed by atoms with van der Waals surface area (Å²) in [7, 11) is 0. The number of aromatic nitrogens is 2. The molecular weight excluding hydrogens is 401 g/mol. The molecule has 2 aromatic rings. The van der Waals surface area contributed by atoms with E-state index in [4.69, 9.17) is 0 Å². The van der Waals surface area contributed by atoms with Gasteiger partial charge in [0.25, 0.3) is 0 Å². The molecule has 2 rings (SSSR count). The van der Waals surface area contributed by atoms with Crippen molar-refractivity contribution in [1.82, 2.24) is 7.59 Å². The second-order valence-electron chi connectivity index (χ2n) is 2.91. The zero-order valence-corrected chi connectivity index (χ0v) is 13.1. The Bertz CT molecular complexity index is 469. The van der Waals surface area contributed by atoms with Crippen molar-refractivity contribution in [1.29, 1.82) is 0 Å². The number of hydrogen-bond donors (Lipinski definition) is 0. The zero-order chi connectivity index (χ0) is 10.7. The van der Waals surface area contributed by atoms with Crippen molar-refractivity contribution in [3.05, 3.63) is 48.3 Å². The normalized spacial score (nSPS) is 10.1. The van der Waals surface area contributed by atoms with Gasteiger partial charge in [0.2, 0.25) is 0 Å². The molecule has 15 heavy (non-hydrogen) atoms. The number of hydrogen-bond acceptors (Lipinski definition) is 3. The summed E-state index contributed by atoms with van der Waals surface area (Å²) in [5.74, 6) is 0. The number of rotatable bonds is 2. The number of benzene rings is 1. The molecule has 0 radical (unpaired) electrons. The Morgan fingerprint density at radius 2 is 2.07 bits per heavy atom. The zero-order valence-electron chi connectivity index (χ0n) is 7.83. The van der Waals surface area contributed by atoms with E-state index in [0.717, 1.165) is 10.5 Å². The standard InChI is InChI=1S/C10H7N2OS.Tl/c13-10(8-4-2-1-3-5-8)14-9-6-11-12-7-9;/h1-7H;/q-1;+1. The van der Waals surface area contributed by atoms with Gasteiger partial charge in [0.05, 0.1) is 0 Å². The van der Waals surface area contributed by atoms with E-state index in [1.165, 1.54) is 11.8 Å². The van der Waals surface area contributed by atoms with Crippen LogP contribution in [0.1, 0.15) is 10.4 Å². The van der Waals surface area contributed by atoms with Crippen LogP contribution in [0.4, 0.5) is 0 Å². The van der Waals surface area contributed by atoms with Gasteiger partial charge >= 0.3 is 109 Å². The van der Waals surface area contributed by atoms with Crippen LogP contribution < -0.4 is 0 Å². The molecule has 0 bridgehead atoms. The van der Waals surface area contributed by atoms with Crippen molar-refractivity contribution >= 4 is 42.9 Å². The van der Waals surface area contributed by atoms with E-state index in [1.807, 2.05) is 39.0 Å². The van der Waals surface area contributed by atoms with Crippen molar-refractivity contribution in [2.24, 2.45) is 0 Å². The van der Waals surface area contributed by atoms with Gasteiger partial charge < -0.3 is 0 Å². The van der Waals surface area contributed by atoms with E-state index < -0.39 is 0 Å². The molecule has 0 spiro atoms. The average molecular weight is 408 g/mol. The molecular formula is C10H7N2OSTl. The Kier molecular flexibility index (Phi) is 3.58. The second-order valence-corrected chi connectivity index (χ2v) is 6.01. The van der Waals surface area contributed by atoms with Gasteiger partial charge in [-0.3, -0.25) is 0 Å². The minimum atomic E-state index is 0.0635. The third-order valence-electron chi connectivity index (χ3n) is 1.80. The van der Waals surface area contributed by atoms with Crippen LogP contribution in [0.15, 0.2) is 47.6 Å². The van der Waals surface area contributed by atoms with Gasteiger partial charge in [0.1, 0.15) is 0 Å². The van der Waals surface area contributed by atoms with Crippen LogP contribution in [-0.2, 0) is 0 Å². The summed E-state index contributed by atoms with van der Waals surface area (Å²) in [6.07, 6.45) is 3.63. The van der Waals surface area contributed by atoms with Crippen molar-refractivity contribution in [3.63, 3.8) is 0 Å². The van der Waals surface area contributed by atoms with Gasteiger partial charge in [-0.05, 0) is 0 Å². The van der Waals surface area contributed by atoms with Crippen molar-refractivity contribution in [2.75, 3.05) is 0 Å². The fourth-order valence-corrected chi connectivity index (χ4v) is 3.15. The fraction of sp³-hybridized carbons (Fsp3) is 0. The Balaban J connectivity index is 2.11. The first kappa shape index (κ1) is 10.9. The number of carbonyl (C=O) groups excluding carboxylic acids is 1. The molecule has 72 valence electrons. The van der Waals surface area contributed by atoms with E-state index in [2.05, 4.69) is 5.10 Å². The van der Waals surface area contributed by atoms with Crippen LogP contribution in [0.5, 0.6) is 0 Å². The van der Waals surface area contributed by atoms with Crippen molar-refractivity contribution < 1.29 is 4.79 Å². The summed E-state index contributed by atoms with van der Waals surface area (Å²) in [5.41, 5.74) is 0.728. The van der Waals surface area contributed by atoms with Crippen LogP contribution >= 0.6 is 11.8 Å². The molecule has 0 atom stereocenters. The molecule has 3 nitrogen and oxygen atoms in total. The molecule has 0 saturated carbocycles. The summed E-state index contributed by atoms with van der Waals surface area (Å²) in [5, 5.41) is 4.14. The quantitative estimate of drug-likeness (QED) is 0.562. The minimum absolute atomic E-state index is 0.0635. The van der Waals surface area contributed by atoms with E-state index >= 15 is 0 Å². The molecule has 0 unspecified atom stereocenters. The fourth-order valence-electron chi connectivity index (χ4n) is 1.11. The van der Waals surface area contributed by atoms with Crippen molar-refractivity contribution in [3.8, 4) is 0 Å². The Morgan fingerprint density at radius 3 is 2.67 bits per heavy atom. The van der Waals surface area contributed by atoms with E-state index in [1.54, 1.807) is 6.20 Å². The Morgan fingerprint density at radius 1 is 1.33 bits per heavy atom. The van der Waals surface area contributed by atoms with Gasteiger partial charge in [-0.25, -0.2) is 0 Å². The monoisotopic (exact) mass is 408 g/mol. The van der Waals surface area contributed by atoms with Crippen LogP contribution in [0.2, 0.25) is 0 Å². The third kappa shape index (κ3) is 2.91. The summed E-state index contributed by atoms with van der Waals surface area (Å²) in [4.78, 5) is 12.7. The second kappa shape index (κ2) is 4.93. The summed E-state index contributed by atoms with van der Waals surface area (Å²) in [6.45, 7) is 0. The SMILES string of the molecule is O=C(Sc1cn[n]([Tl])c1)c1ccccc1. The molecule has 0 aliphatic rings. The van der Waals surface area contributed by atoms with Gasteiger partial charge in [-0.15, -0.1) is 0 Å². The molecule has 0 aliphatic carbocycles. The molecule has 1 aromatic heterocycles. The van der Waals surface area contributed by atoms with E-state index in [9.17, 15) is 4.79 Å². The van der Waals surface area contributed by atoms with Gasteiger partial charge in [-0.2, -0.15) is 0 Å². The average Bonchev–Trinajstić information content (AvgIpc) is 2.65. The van der Waals surface area contributed by atoms with Gasteiger partial charge in [0.15, 0.2) is 0 Å². The molecule has 1 aromatic carbocycles. The molecule has 0 aliphatic heterocycles. The Labute approximate surface area is 108 Å². The predicted octanol–water partition coefficient (Wildman–Crippen LogP) is 1.75. The molecule has 0 saturated heterocycles. The van der Waals surface area contributed by atoms with Crippen LogP contribution in [0, 0.1) is 0 Å². The molecule has 0 N–H and O–H groups in total. The van der Waals surface area contributed by atoms with Gasteiger partial charge in [0, 0.05) is 0 Å². The van der Waals surface area contributed by atoms with Crippen LogP contribution in [-0.4, -0.2) is 38.8 Å². The molecule has 5 heteroatoms. The predicted molar refractivity (Wildman–Crippen MR) is 60.0 cm³/mol. The van der Waals surface area contributed by atoms with Gasteiger partial charge in [-0.1, -0.05) is 0 Å². The summed E-state index contributed by atoms with van der Waals surface area (Å²) >= 11 is 1.87. The topological polar surface area (TPSA) is 34.9 Å². The number of thioether (sulfide) groups is 1. The third-order valence-corrected chi connectivity index (χ3v) is 3.76. The number of nitrogens with zero attached hydrogens (tertiary/aromatic N) is 2. The first-order valence-electron chi connectivity index (χ1n) is 4.33. The maximum absolute atomic E-state index is 11.8.